The Hall–Kier alpha value is -0.910. The molecule has 0 N–H and O–H groups in total. The lowest BCUT2D eigenvalue weighted by atomic mass is 10.2. The molecule has 0 rings (SSSR count). The Bertz CT molecular complexity index is 245. The summed E-state index contributed by atoms with van der Waals surface area (Å²) in [6.45, 7) is 5.60. The molecule has 0 aliphatic heterocycles. The van der Waals surface area contributed by atoms with Crippen LogP contribution in [-0.4, -0.2) is 65.0 Å². The van der Waals surface area contributed by atoms with Crippen molar-refractivity contribution in [3.63, 3.8) is 0 Å². The third-order valence-electron chi connectivity index (χ3n) is 2.65. The maximum Gasteiger partial charge on any atom is 0.333 e. The second kappa shape index (κ2) is 11.2. The number of rotatable bonds is 10. The summed E-state index contributed by atoms with van der Waals surface area (Å²) in [6, 6.07) is 0. The van der Waals surface area contributed by atoms with Crippen LogP contribution in [0.2, 0.25) is 0 Å². The summed E-state index contributed by atoms with van der Waals surface area (Å²) in [5, 5.41) is 0. The van der Waals surface area contributed by atoms with Gasteiger partial charge in [-0.1, -0.05) is 13.0 Å². The average Bonchev–Trinajstić information content (AvgIpc) is 2.40. The van der Waals surface area contributed by atoms with Gasteiger partial charge in [-0.25, -0.2) is 4.79 Å². The van der Waals surface area contributed by atoms with E-state index in [0.717, 1.165) is 13.1 Å². The Morgan fingerprint density at radius 3 is 2.06 bits per heavy atom. The van der Waals surface area contributed by atoms with Crippen LogP contribution in [0.5, 0.6) is 0 Å². The number of nitrogens with zero attached hydrogens (tertiary/aromatic N) is 1. The summed E-state index contributed by atoms with van der Waals surface area (Å²) in [6.07, 6.45) is 2.59. The molecular weight excluding hydrogens is 234 g/mol. The molecule has 0 atom stereocenters. The van der Waals surface area contributed by atoms with E-state index in [1.54, 1.807) is 14.2 Å². The van der Waals surface area contributed by atoms with Gasteiger partial charge in [0.15, 0.2) is 0 Å². The molecule has 0 aromatic heterocycles. The molecule has 0 aliphatic rings. The molecule has 18 heavy (non-hydrogen) atoms. The highest BCUT2D eigenvalue weighted by atomic mass is 16.5. The van der Waals surface area contributed by atoms with E-state index >= 15 is 0 Å². The first-order valence-corrected chi connectivity index (χ1v) is 6.17. The zero-order chi connectivity index (χ0) is 13.8. The van der Waals surface area contributed by atoms with Gasteiger partial charge in [-0.05, 0) is 6.42 Å². The summed E-state index contributed by atoms with van der Waals surface area (Å²) in [7, 11) is 4.76. The molecule has 0 saturated heterocycles. The smallest absolute Gasteiger partial charge is 0.333 e. The van der Waals surface area contributed by atoms with Crippen molar-refractivity contribution in [3.8, 4) is 0 Å². The molecule has 0 unspecified atom stereocenters. The quantitative estimate of drug-likeness (QED) is 0.434. The van der Waals surface area contributed by atoms with Crippen LogP contribution in [0.3, 0.4) is 0 Å². The van der Waals surface area contributed by atoms with Crippen LogP contribution in [0.1, 0.15) is 13.3 Å². The van der Waals surface area contributed by atoms with Gasteiger partial charge in [0.2, 0.25) is 0 Å². The minimum Gasteiger partial charge on any atom is -0.466 e. The number of hydrogen-bond acceptors (Lipinski definition) is 5. The van der Waals surface area contributed by atoms with Gasteiger partial charge in [-0.3, -0.25) is 4.90 Å². The normalized spacial score (nSPS) is 11.9. The monoisotopic (exact) mass is 259 g/mol. The van der Waals surface area contributed by atoms with Gasteiger partial charge in [0.25, 0.3) is 0 Å². The molecule has 0 radical (unpaired) electrons. The molecule has 5 heteroatoms. The fourth-order valence-corrected chi connectivity index (χ4v) is 1.48. The molecule has 0 aliphatic carbocycles. The van der Waals surface area contributed by atoms with E-state index in [0.29, 0.717) is 31.8 Å². The van der Waals surface area contributed by atoms with Crippen LogP contribution in [-0.2, 0) is 19.0 Å². The Labute approximate surface area is 110 Å². The zero-order valence-corrected chi connectivity index (χ0v) is 11.9. The van der Waals surface area contributed by atoms with E-state index in [-0.39, 0.29) is 5.97 Å². The second-order valence-corrected chi connectivity index (χ2v) is 3.86. The highest BCUT2D eigenvalue weighted by molar-refractivity contribution is 5.88. The van der Waals surface area contributed by atoms with Crippen LogP contribution >= 0.6 is 0 Å². The lowest BCUT2D eigenvalue weighted by Gasteiger charge is -2.20. The summed E-state index contributed by atoms with van der Waals surface area (Å²) < 4.78 is 14.8. The van der Waals surface area contributed by atoms with E-state index in [1.807, 2.05) is 13.0 Å². The van der Waals surface area contributed by atoms with Crippen molar-refractivity contribution in [2.75, 3.05) is 54.2 Å². The maximum absolute atomic E-state index is 11.4. The van der Waals surface area contributed by atoms with Crippen LogP contribution in [0.25, 0.3) is 0 Å². The van der Waals surface area contributed by atoms with Crippen LogP contribution < -0.4 is 0 Å². The lowest BCUT2D eigenvalue weighted by Crippen LogP contribution is -2.31. The molecule has 0 heterocycles. The number of esters is 1. The maximum atomic E-state index is 11.4. The molecule has 0 aromatic carbocycles. The predicted molar refractivity (Wildman–Crippen MR) is 70.6 cm³/mol. The first kappa shape index (κ1) is 17.1. The minimum absolute atomic E-state index is 0.254. The van der Waals surface area contributed by atoms with Gasteiger partial charge in [0.1, 0.15) is 0 Å². The second-order valence-electron chi connectivity index (χ2n) is 3.86. The van der Waals surface area contributed by atoms with Gasteiger partial charge in [0.05, 0.1) is 20.3 Å². The van der Waals surface area contributed by atoms with Gasteiger partial charge >= 0.3 is 5.97 Å². The number of ether oxygens (including phenoxy) is 3. The van der Waals surface area contributed by atoms with E-state index in [9.17, 15) is 4.79 Å². The molecule has 0 spiro atoms. The molecule has 0 aromatic rings. The molecule has 0 fully saturated rings. The molecule has 0 saturated carbocycles. The van der Waals surface area contributed by atoms with Gasteiger partial charge in [0, 0.05) is 39.4 Å². The van der Waals surface area contributed by atoms with Crippen molar-refractivity contribution >= 4 is 5.97 Å². The van der Waals surface area contributed by atoms with Crippen molar-refractivity contribution in [3.05, 3.63) is 11.6 Å². The Balaban J connectivity index is 4.34. The molecule has 5 nitrogen and oxygen atoms in total. The first-order valence-electron chi connectivity index (χ1n) is 6.17. The van der Waals surface area contributed by atoms with Crippen LogP contribution in [0.15, 0.2) is 11.6 Å². The average molecular weight is 259 g/mol. The SMILES string of the molecule is CCC(=CCN(CCOC)CCOC)C(=O)OC. The van der Waals surface area contributed by atoms with E-state index in [2.05, 4.69) is 4.90 Å². The number of carbonyl (C=O) groups excluding carboxylic acids is 1. The van der Waals surface area contributed by atoms with Crippen molar-refractivity contribution in [1.82, 2.24) is 4.90 Å². The van der Waals surface area contributed by atoms with Crippen LogP contribution in [0.4, 0.5) is 0 Å². The standard InChI is InChI=1S/C13H25NO4/c1-5-12(13(15)18-4)6-7-14(8-10-16-2)9-11-17-3/h6H,5,7-11H2,1-4H3. The number of hydrogen-bond donors (Lipinski definition) is 0. The lowest BCUT2D eigenvalue weighted by molar-refractivity contribution is -0.136. The van der Waals surface area contributed by atoms with Crippen molar-refractivity contribution in [2.45, 2.75) is 13.3 Å². The first-order chi connectivity index (χ1) is 8.69. The summed E-state index contributed by atoms with van der Waals surface area (Å²) in [5.41, 5.74) is 0.706. The molecule has 0 bridgehead atoms. The Morgan fingerprint density at radius 2 is 1.67 bits per heavy atom. The largest absolute Gasteiger partial charge is 0.466 e. The fourth-order valence-electron chi connectivity index (χ4n) is 1.48. The fraction of sp³-hybridized carbons (Fsp3) is 0.769. The Morgan fingerprint density at radius 1 is 1.11 bits per heavy atom. The molecule has 0 amide bonds. The minimum atomic E-state index is -0.254. The highest BCUT2D eigenvalue weighted by Crippen LogP contribution is 2.03. The Kier molecular flexibility index (Phi) is 10.6. The van der Waals surface area contributed by atoms with Crippen molar-refractivity contribution in [2.24, 2.45) is 0 Å². The topological polar surface area (TPSA) is 48.0 Å². The van der Waals surface area contributed by atoms with E-state index < -0.39 is 0 Å². The van der Waals surface area contributed by atoms with E-state index in [4.69, 9.17) is 14.2 Å². The molecular formula is C13H25NO4. The van der Waals surface area contributed by atoms with Gasteiger partial charge < -0.3 is 14.2 Å². The summed E-state index contributed by atoms with van der Waals surface area (Å²) in [5.74, 6) is -0.254. The summed E-state index contributed by atoms with van der Waals surface area (Å²) in [4.78, 5) is 13.6. The highest BCUT2D eigenvalue weighted by Gasteiger charge is 2.08. The molecule has 106 valence electrons. The predicted octanol–water partition coefficient (Wildman–Crippen LogP) is 1.09. The van der Waals surface area contributed by atoms with Crippen molar-refractivity contribution < 1.29 is 19.0 Å². The third kappa shape index (κ3) is 7.42. The number of carbonyl (C=O) groups is 1. The van der Waals surface area contributed by atoms with Crippen molar-refractivity contribution in [1.29, 1.82) is 0 Å². The van der Waals surface area contributed by atoms with Gasteiger partial charge in [-0.15, -0.1) is 0 Å². The third-order valence-corrected chi connectivity index (χ3v) is 2.65. The van der Waals surface area contributed by atoms with Gasteiger partial charge in [-0.2, -0.15) is 0 Å². The number of methoxy groups -OCH3 is 3. The van der Waals surface area contributed by atoms with E-state index in [1.165, 1.54) is 7.11 Å². The van der Waals surface area contributed by atoms with Crippen LogP contribution in [0, 0.1) is 0 Å². The zero-order valence-electron chi connectivity index (χ0n) is 11.9. The summed E-state index contributed by atoms with van der Waals surface area (Å²) >= 11 is 0.